The summed E-state index contributed by atoms with van der Waals surface area (Å²) in [5, 5.41) is 0. The molecule has 0 saturated heterocycles. The fourth-order valence-corrected chi connectivity index (χ4v) is 2.16. The van der Waals surface area contributed by atoms with Crippen LogP contribution in [0.4, 0.5) is 0 Å². The summed E-state index contributed by atoms with van der Waals surface area (Å²) in [5.41, 5.74) is 0. The normalized spacial score (nSPS) is 12.0. The number of esters is 2. The van der Waals surface area contributed by atoms with Gasteiger partial charge in [0, 0.05) is 0 Å². The number of methoxy groups -OCH3 is 1. The molecule has 1 atom stereocenters. The first kappa shape index (κ1) is 19.9. The number of carbonyl (C=O) groups is 2. The van der Waals surface area contributed by atoms with Crippen LogP contribution >= 0.6 is 0 Å². The minimum absolute atomic E-state index is 0.399. The highest BCUT2D eigenvalue weighted by molar-refractivity contribution is 5.94. The van der Waals surface area contributed by atoms with Gasteiger partial charge in [-0.2, -0.15) is 0 Å². The van der Waals surface area contributed by atoms with E-state index in [1.165, 1.54) is 65.4 Å². The van der Waals surface area contributed by atoms with Crippen LogP contribution in [0.15, 0.2) is 0 Å². The van der Waals surface area contributed by atoms with E-state index in [4.69, 9.17) is 4.74 Å². The van der Waals surface area contributed by atoms with E-state index in [9.17, 15) is 9.59 Å². The standard InChI is InChI=1S/C17H32O4/c1-4-5-6-7-8-9-10-11-12-13-14-21-17(19)15(2)16(18)20-3/h15H,4-14H2,1-3H3. The maximum absolute atomic E-state index is 11.5. The molecule has 0 aliphatic heterocycles. The number of ether oxygens (including phenoxy) is 2. The van der Waals surface area contributed by atoms with E-state index in [-0.39, 0.29) is 0 Å². The molecule has 0 fully saturated rings. The smallest absolute Gasteiger partial charge is 0.320 e. The van der Waals surface area contributed by atoms with Gasteiger partial charge in [0.2, 0.25) is 0 Å². The van der Waals surface area contributed by atoms with Crippen LogP contribution < -0.4 is 0 Å². The van der Waals surface area contributed by atoms with Gasteiger partial charge in [0.15, 0.2) is 5.92 Å². The number of hydrogen-bond acceptors (Lipinski definition) is 4. The molecule has 0 aromatic heterocycles. The average Bonchev–Trinajstić information content (AvgIpc) is 2.50. The van der Waals surface area contributed by atoms with Crippen LogP contribution in [0.2, 0.25) is 0 Å². The average molecular weight is 300 g/mol. The highest BCUT2D eigenvalue weighted by Crippen LogP contribution is 2.10. The molecule has 21 heavy (non-hydrogen) atoms. The van der Waals surface area contributed by atoms with Crippen molar-refractivity contribution in [3.63, 3.8) is 0 Å². The molecule has 0 spiro atoms. The highest BCUT2D eigenvalue weighted by atomic mass is 16.5. The van der Waals surface area contributed by atoms with E-state index in [1.807, 2.05) is 0 Å². The van der Waals surface area contributed by atoms with Crippen LogP contribution in [-0.4, -0.2) is 25.7 Å². The lowest BCUT2D eigenvalue weighted by atomic mass is 10.1. The molecular weight excluding hydrogens is 268 g/mol. The van der Waals surface area contributed by atoms with Gasteiger partial charge in [-0.25, -0.2) is 0 Å². The molecule has 0 radical (unpaired) electrons. The first-order valence-corrected chi connectivity index (χ1v) is 8.38. The zero-order chi connectivity index (χ0) is 15.9. The summed E-state index contributed by atoms with van der Waals surface area (Å²) in [4.78, 5) is 22.6. The fourth-order valence-electron chi connectivity index (χ4n) is 2.16. The third-order valence-corrected chi connectivity index (χ3v) is 3.65. The Morgan fingerprint density at radius 2 is 1.29 bits per heavy atom. The van der Waals surface area contributed by atoms with E-state index in [1.54, 1.807) is 0 Å². The van der Waals surface area contributed by atoms with Crippen molar-refractivity contribution in [1.29, 1.82) is 0 Å². The summed E-state index contributed by atoms with van der Waals surface area (Å²) in [5.74, 6) is -1.85. The maximum atomic E-state index is 11.5. The largest absolute Gasteiger partial charge is 0.468 e. The molecule has 4 nitrogen and oxygen atoms in total. The zero-order valence-electron chi connectivity index (χ0n) is 14.0. The lowest BCUT2D eigenvalue weighted by Gasteiger charge is -2.09. The predicted molar refractivity (Wildman–Crippen MR) is 84.0 cm³/mol. The monoisotopic (exact) mass is 300 g/mol. The van der Waals surface area contributed by atoms with E-state index >= 15 is 0 Å². The van der Waals surface area contributed by atoms with Crippen molar-refractivity contribution in [2.24, 2.45) is 5.92 Å². The zero-order valence-corrected chi connectivity index (χ0v) is 14.0. The van der Waals surface area contributed by atoms with Gasteiger partial charge in [0.1, 0.15) is 0 Å². The molecule has 0 amide bonds. The lowest BCUT2D eigenvalue weighted by molar-refractivity contribution is -0.159. The van der Waals surface area contributed by atoms with Gasteiger partial charge in [-0.3, -0.25) is 9.59 Å². The molecule has 0 heterocycles. The van der Waals surface area contributed by atoms with Crippen molar-refractivity contribution >= 4 is 11.9 Å². The third kappa shape index (κ3) is 11.3. The van der Waals surface area contributed by atoms with Gasteiger partial charge in [-0.05, 0) is 13.3 Å². The van der Waals surface area contributed by atoms with Crippen LogP contribution in [0, 0.1) is 5.92 Å². The quantitative estimate of drug-likeness (QED) is 0.290. The van der Waals surface area contributed by atoms with E-state index in [0.29, 0.717) is 6.61 Å². The van der Waals surface area contributed by atoms with Crippen molar-refractivity contribution in [2.45, 2.75) is 78.1 Å². The second kappa shape index (κ2) is 13.9. The summed E-state index contributed by atoms with van der Waals surface area (Å²) >= 11 is 0. The summed E-state index contributed by atoms with van der Waals surface area (Å²) in [6.45, 7) is 4.14. The number of hydrogen-bond donors (Lipinski definition) is 0. The minimum Gasteiger partial charge on any atom is -0.468 e. The maximum Gasteiger partial charge on any atom is 0.320 e. The van der Waals surface area contributed by atoms with Gasteiger partial charge in [-0.1, -0.05) is 64.7 Å². The molecule has 0 rings (SSSR count). The van der Waals surface area contributed by atoms with Crippen LogP contribution in [-0.2, 0) is 19.1 Å². The molecule has 0 saturated carbocycles. The van der Waals surface area contributed by atoms with Crippen LogP contribution in [0.1, 0.15) is 78.1 Å². The molecule has 0 N–H and O–H groups in total. The van der Waals surface area contributed by atoms with Crippen molar-refractivity contribution in [3.05, 3.63) is 0 Å². The van der Waals surface area contributed by atoms with Crippen LogP contribution in [0.3, 0.4) is 0 Å². The van der Waals surface area contributed by atoms with Crippen molar-refractivity contribution in [3.8, 4) is 0 Å². The molecule has 0 aliphatic rings. The Morgan fingerprint density at radius 1 is 0.810 bits per heavy atom. The van der Waals surface area contributed by atoms with Gasteiger partial charge in [0.25, 0.3) is 0 Å². The Balaban J connectivity index is 3.32. The van der Waals surface area contributed by atoms with Crippen molar-refractivity contribution in [2.75, 3.05) is 13.7 Å². The molecule has 0 aliphatic carbocycles. The second-order valence-electron chi connectivity index (χ2n) is 5.59. The molecule has 0 aromatic rings. The van der Waals surface area contributed by atoms with Crippen LogP contribution in [0.25, 0.3) is 0 Å². The number of unbranched alkanes of at least 4 members (excludes halogenated alkanes) is 9. The van der Waals surface area contributed by atoms with Gasteiger partial charge >= 0.3 is 11.9 Å². The van der Waals surface area contributed by atoms with Gasteiger partial charge in [0.05, 0.1) is 13.7 Å². The van der Waals surface area contributed by atoms with E-state index in [0.717, 1.165) is 12.8 Å². The van der Waals surface area contributed by atoms with Gasteiger partial charge in [-0.15, -0.1) is 0 Å². The number of rotatable bonds is 13. The summed E-state index contributed by atoms with van der Waals surface area (Å²) in [6.07, 6.45) is 12.4. The highest BCUT2D eigenvalue weighted by Gasteiger charge is 2.23. The van der Waals surface area contributed by atoms with Crippen molar-refractivity contribution < 1.29 is 19.1 Å². The van der Waals surface area contributed by atoms with Crippen LogP contribution in [0.5, 0.6) is 0 Å². The van der Waals surface area contributed by atoms with Crippen molar-refractivity contribution in [1.82, 2.24) is 0 Å². The molecular formula is C17H32O4. The molecule has 0 bridgehead atoms. The first-order valence-electron chi connectivity index (χ1n) is 8.38. The summed E-state index contributed by atoms with van der Waals surface area (Å²) in [6, 6.07) is 0. The first-order chi connectivity index (χ1) is 10.1. The molecule has 4 heteroatoms. The fraction of sp³-hybridized carbons (Fsp3) is 0.882. The van der Waals surface area contributed by atoms with E-state index < -0.39 is 17.9 Å². The Labute approximate surface area is 129 Å². The number of carbonyl (C=O) groups excluding carboxylic acids is 2. The molecule has 124 valence electrons. The lowest BCUT2D eigenvalue weighted by Crippen LogP contribution is -2.24. The Morgan fingerprint density at radius 3 is 1.76 bits per heavy atom. The van der Waals surface area contributed by atoms with E-state index in [2.05, 4.69) is 11.7 Å². The Kier molecular flexibility index (Phi) is 13.2. The second-order valence-corrected chi connectivity index (χ2v) is 5.59. The molecule has 1 unspecified atom stereocenters. The predicted octanol–water partition coefficient (Wildman–Crippen LogP) is 4.26. The third-order valence-electron chi connectivity index (χ3n) is 3.65. The molecule has 0 aromatic carbocycles. The summed E-state index contributed by atoms with van der Waals surface area (Å²) < 4.78 is 9.56. The Bertz CT molecular complexity index is 276. The Hall–Kier alpha value is -1.06. The summed E-state index contributed by atoms with van der Waals surface area (Å²) in [7, 11) is 1.27. The topological polar surface area (TPSA) is 52.6 Å². The van der Waals surface area contributed by atoms with Gasteiger partial charge < -0.3 is 9.47 Å². The minimum atomic E-state index is -0.821. The SMILES string of the molecule is CCCCCCCCCCCCOC(=O)C(C)C(=O)OC.